The van der Waals surface area contributed by atoms with Crippen LogP contribution >= 0.6 is 11.3 Å². The van der Waals surface area contributed by atoms with E-state index in [1.165, 1.54) is 5.56 Å². The zero-order chi connectivity index (χ0) is 21.0. The van der Waals surface area contributed by atoms with Crippen molar-refractivity contribution in [3.05, 3.63) is 45.8 Å². The molecule has 0 saturated heterocycles. The minimum atomic E-state index is -0.571. The molecule has 1 aliphatic rings. The van der Waals surface area contributed by atoms with E-state index in [2.05, 4.69) is 11.4 Å². The summed E-state index contributed by atoms with van der Waals surface area (Å²) in [5.74, 6) is -1.35. The molecule has 1 amide bonds. The van der Waals surface area contributed by atoms with Crippen LogP contribution < -0.4 is 10.2 Å². The summed E-state index contributed by atoms with van der Waals surface area (Å²) in [4.78, 5) is 39.7. The van der Waals surface area contributed by atoms with Gasteiger partial charge in [-0.2, -0.15) is 0 Å². The molecule has 0 unspecified atom stereocenters. The normalized spacial score (nSPS) is 12.4. The Morgan fingerprint density at radius 1 is 1.10 bits per heavy atom. The van der Waals surface area contributed by atoms with Gasteiger partial charge in [-0.3, -0.25) is 4.79 Å². The molecule has 1 aromatic carbocycles. The summed E-state index contributed by atoms with van der Waals surface area (Å²) in [6.45, 7) is 6.40. The monoisotopic (exact) mass is 416 g/mol. The Hall–Kier alpha value is -2.87. The number of carbonyl (C=O) groups excluding carboxylic acids is 3. The molecule has 0 radical (unpaired) electrons. The maximum absolute atomic E-state index is 12.7. The second-order valence-electron chi connectivity index (χ2n) is 6.55. The van der Waals surface area contributed by atoms with E-state index in [4.69, 9.17) is 9.47 Å². The highest BCUT2D eigenvalue weighted by atomic mass is 32.1. The van der Waals surface area contributed by atoms with Crippen LogP contribution in [0.2, 0.25) is 0 Å². The van der Waals surface area contributed by atoms with Crippen molar-refractivity contribution in [3.8, 4) is 0 Å². The van der Waals surface area contributed by atoms with E-state index >= 15 is 0 Å². The van der Waals surface area contributed by atoms with Crippen LogP contribution in [0.1, 0.15) is 45.0 Å². The Morgan fingerprint density at radius 2 is 1.79 bits per heavy atom. The molecule has 0 atom stereocenters. The molecule has 3 rings (SSSR count). The molecule has 7 nitrogen and oxygen atoms in total. The third kappa shape index (κ3) is 4.42. The van der Waals surface area contributed by atoms with Gasteiger partial charge in [-0.1, -0.05) is 18.2 Å². The first-order chi connectivity index (χ1) is 14.0. The van der Waals surface area contributed by atoms with E-state index in [9.17, 15) is 14.4 Å². The van der Waals surface area contributed by atoms with Crippen LogP contribution in [0, 0.1) is 6.92 Å². The predicted octanol–water partition coefficient (Wildman–Crippen LogP) is 3.41. The first-order valence-corrected chi connectivity index (χ1v) is 10.4. The molecule has 1 aliphatic heterocycles. The molecule has 1 aromatic heterocycles. The number of hydrogen-bond acceptors (Lipinski definition) is 7. The number of thiophene rings is 1. The Balaban J connectivity index is 1.82. The molecular formula is C21H24N2O5S. The maximum atomic E-state index is 12.7. The quantitative estimate of drug-likeness (QED) is 0.697. The lowest BCUT2D eigenvalue weighted by Crippen LogP contribution is -2.32. The number of nitrogens with one attached hydrogen (secondary N) is 1. The first-order valence-electron chi connectivity index (χ1n) is 9.56. The number of esters is 2. The van der Waals surface area contributed by atoms with E-state index in [1.54, 1.807) is 20.8 Å². The number of carbonyl (C=O) groups is 3. The van der Waals surface area contributed by atoms with E-state index in [0.29, 0.717) is 10.6 Å². The highest BCUT2D eigenvalue weighted by molar-refractivity contribution is 7.18. The van der Waals surface area contributed by atoms with E-state index in [-0.39, 0.29) is 36.1 Å². The zero-order valence-electron chi connectivity index (χ0n) is 16.7. The second kappa shape index (κ2) is 9.09. The molecule has 154 valence electrons. The number of ether oxygens (including phenoxy) is 2. The Kier molecular flexibility index (Phi) is 6.53. The largest absolute Gasteiger partial charge is 0.462 e. The van der Waals surface area contributed by atoms with Gasteiger partial charge in [0.25, 0.3) is 0 Å². The fourth-order valence-corrected chi connectivity index (χ4v) is 4.46. The Morgan fingerprint density at radius 3 is 2.52 bits per heavy atom. The van der Waals surface area contributed by atoms with Crippen molar-refractivity contribution in [2.45, 2.75) is 27.2 Å². The highest BCUT2D eigenvalue weighted by Gasteiger charge is 2.28. The molecule has 0 bridgehead atoms. The summed E-state index contributed by atoms with van der Waals surface area (Å²) >= 11 is 1.03. The van der Waals surface area contributed by atoms with Crippen LogP contribution in [0.4, 0.5) is 10.7 Å². The molecule has 2 heterocycles. The van der Waals surface area contributed by atoms with Crippen LogP contribution in [0.3, 0.4) is 0 Å². The van der Waals surface area contributed by atoms with Gasteiger partial charge < -0.3 is 19.7 Å². The van der Waals surface area contributed by atoms with Crippen molar-refractivity contribution in [1.82, 2.24) is 0 Å². The molecule has 29 heavy (non-hydrogen) atoms. The standard InChI is InChI=1S/C21H24N2O5S/c1-4-27-20(25)17-13(3)18(21(26)28-5-2)29-19(17)22-16(24)12-23-11-10-14-8-6-7-9-15(14)23/h6-9H,4-5,10-12H2,1-3H3,(H,22,24). The van der Waals surface area contributed by atoms with E-state index < -0.39 is 11.9 Å². The highest BCUT2D eigenvalue weighted by Crippen LogP contribution is 2.34. The van der Waals surface area contributed by atoms with Crippen molar-refractivity contribution in [3.63, 3.8) is 0 Å². The van der Waals surface area contributed by atoms with Gasteiger partial charge in [0.15, 0.2) is 0 Å². The Labute approximate surface area is 173 Å². The number of nitrogens with zero attached hydrogens (tertiary/aromatic N) is 1. The van der Waals surface area contributed by atoms with E-state index in [1.807, 2.05) is 23.1 Å². The zero-order valence-corrected chi connectivity index (χ0v) is 17.6. The molecule has 1 N–H and O–H groups in total. The van der Waals surface area contributed by atoms with Gasteiger partial charge in [0.05, 0.1) is 25.3 Å². The van der Waals surface area contributed by atoms with Gasteiger partial charge in [0.1, 0.15) is 9.88 Å². The maximum Gasteiger partial charge on any atom is 0.348 e. The van der Waals surface area contributed by atoms with Gasteiger partial charge in [0.2, 0.25) is 5.91 Å². The Bertz CT molecular complexity index is 937. The molecule has 2 aromatic rings. The topological polar surface area (TPSA) is 84.9 Å². The average Bonchev–Trinajstić information content (AvgIpc) is 3.23. The third-order valence-corrected chi connectivity index (χ3v) is 5.85. The molecule has 0 spiro atoms. The summed E-state index contributed by atoms with van der Waals surface area (Å²) in [5.41, 5.74) is 2.91. The number of anilines is 2. The van der Waals surface area contributed by atoms with Gasteiger partial charge in [-0.15, -0.1) is 11.3 Å². The number of rotatable bonds is 7. The van der Waals surface area contributed by atoms with Crippen molar-refractivity contribution < 1.29 is 23.9 Å². The SMILES string of the molecule is CCOC(=O)c1sc(NC(=O)CN2CCc3ccccc32)c(C(=O)OCC)c1C. The fraction of sp³-hybridized carbons (Fsp3) is 0.381. The lowest BCUT2D eigenvalue weighted by atomic mass is 10.1. The summed E-state index contributed by atoms with van der Waals surface area (Å²) in [6.07, 6.45) is 0.892. The first kappa shape index (κ1) is 20.9. The van der Waals surface area contributed by atoms with Gasteiger partial charge in [-0.25, -0.2) is 9.59 Å². The number of fused-ring (bicyclic) bond motifs is 1. The predicted molar refractivity (Wildman–Crippen MR) is 112 cm³/mol. The summed E-state index contributed by atoms with van der Waals surface area (Å²) < 4.78 is 10.2. The van der Waals surface area contributed by atoms with Crippen molar-refractivity contribution in [2.24, 2.45) is 0 Å². The minimum Gasteiger partial charge on any atom is -0.462 e. The van der Waals surface area contributed by atoms with Crippen LogP contribution in [-0.2, 0) is 20.7 Å². The average molecular weight is 416 g/mol. The second-order valence-corrected chi connectivity index (χ2v) is 7.57. The fourth-order valence-electron chi connectivity index (χ4n) is 3.35. The third-order valence-electron chi connectivity index (χ3n) is 4.66. The summed E-state index contributed by atoms with van der Waals surface area (Å²) in [6, 6.07) is 7.98. The smallest absolute Gasteiger partial charge is 0.348 e. The minimum absolute atomic E-state index is 0.158. The summed E-state index contributed by atoms with van der Waals surface area (Å²) in [7, 11) is 0. The van der Waals surface area contributed by atoms with Gasteiger partial charge >= 0.3 is 11.9 Å². The summed E-state index contributed by atoms with van der Waals surface area (Å²) in [5, 5.41) is 3.10. The van der Waals surface area contributed by atoms with Crippen LogP contribution in [0.15, 0.2) is 24.3 Å². The lowest BCUT2D eigenvalue weighted by Gasteiger charge is -2.18. The lowest BCUT2D eigenvalue weighted by molar-refractivity contribution is -0.114. The van der Waals surface area contributed by atoms with E-state index in [0.717, 1.165) is 30.0 Å². The van der Waals surface area contributed by atoms with Crippen LogP contribution in [0.5, 0.6) is 0 Å². The number of hydrogen-bond donors (Lipinski definition) is 1. The van der Waals surface area contributed by atoms with Crippen LogP contribution in [-0.4, -0.2) is 44.1 Å². The number of amides is 1. The molecule has 8 heteroatoms. The molecule has 0 aliphatic carbocycles. The van der Waals surface area contributed by atoms with Crippen molar-refractivity contribution in [1.29, 1.82) is 0 Å². The van der Waals surface area contributed by atoms with Crippen molar-refractivity contribution in [2.75, 3.05) is 36.5 Å². The number of benzene rings is 1. The molecule has 0 saturated carbocycles. The van der Waals surface area contributed by atoms with Crippen molar-refractivity contribution >= 4 is 39.9 Å². The van der Waals surface area contributed by atoms with Gasteiger partial charge in [-0.05, 0) is 44.4 Å². The van der Waals surface area contributed by atoms with Crippen LogP contribution in [0.25, 0.3) is 0 Å². The number of para-hydroxylation sites is 1. The molecular weight excluding hydrogens is 392 g/mol. The van der Waals surface area contributed by atoms with Gasteiger partial charge in [0, 0.05) is 12.2 Å². The molecule has 0 fully saturated rings.